The summed E-state index contributed by atoms with van der Waals surface area (Å²) >= 11 is 0. The molecule has 0 saturated heterocycles. The minimum absolute atomic E-state index is 0.0429. The Morgan fingerprint density at radius 2 is 1.95 bits per heavy atom. The van der Waals surface area contributed by atoms with Gasteiger partial charge in [0.2, 0.25) is 0 Å². The first-order valence-corrected chi connectivity index (χ1v) is 7.10. The zero-order chi connectivity index (χ0) is 14.2. The Morgan fingerprint density at radius 3 is 2.90 bits per heavy atom. The lowest BCUT2D eigenvalue weighted by atomic mass is 9.87. The van der Waals surface area contributed by atoms with Gasteiger partial charge in [0.05, 0.1) is 6.04 Å². The smallest absolute Gasteiger partial charge is 0.282 e. The predicted molar refractivity (Wildman–Crippen MR) is 79.1 cm³/mol. The monoisotopic (exact) mass is 278 g/mol. The Balaban J connectivity index is 1.92. The highest BCUT2D eigenvalue weighted by atomic mass is 16.1. The zero-order valence-electron chi connectivity index (χ0n) is 11.4. The van der Waals surface area contributed by atoms with E-state index in [1.165, 1.54) is 17.3 Å². The van der Waals surface area contributed by atoms with Crippen LogP contribution in [0.5, 0.6) is 0 Å². The number of benzene rings is 1. The topological polar surface area (TPSA) is 60.7 Å². The van der Waals surface area contributed by atoms with Crippen molar-refractivity contribution in [2.24, 2.45) is 0 Å². The van der Waals surface area contributed by atoms with E-state index in [-0.39, 0.29) is 11.6 Å². The molecule has 104 valence electrons. The number of rotatable bonds is 1. The van der Waals surface area contributed by atoms with E-state index in [2.05, 4.69) is 27.1 Å². The van der Waals surface area contributed by atoms with Crippen molar-refractivity contribution in [2.45, 2.75) is 25.3 Å². The third-order valence-corrected chi connectivity index (χ3v) is 4.09. The average molecular weight is 278 g/mol. The van der Waals surface area contributed by atoms with Crippen molar-refractivity contribution in [1.82, 2.24) is 19.5 Å². The Bertz CT molecular complexity index is 871. The lowest BCUT2D eigenvalue weighted by Crippen LogP contribution is -2.29. The van der Waals surface area contributed by atoms with E-state index in [1.807, 2.05) is 12.1 Å². The van der Waals surface area contributed by atoms with Crippen LogP contribution < -0.4 is 5.56 Å². The summed E-state index contributed by atoms with van der Waals surface area (Å²) in [6.45, 7) is 0. The fourth-order valence-electron chi connectivity index (χ4n) is 3.11. The van der Waals surface area contributed by atoms with Gasteiger partial charge < -0.3 is 0 Å². The van der Waals surface area contributed by atoms with Crippen molar-refractivity contribution in [3.05, 3.63) is 64.5 Å². The maximum atomic E-state index is 12.7. The first-order chi connectivity index (χ1) is 10.3. The highest BCUT2D eigenvalue weighted by molar-refractivity contribution is 5.67. The van der Waals surface area contributed by atoms with E-state index in [9.17, 15) is 4.79 Å². The number of hydrogen-bond donors (Lipinski definition) is 0. The summed E-state index contributed by atoms with van der Waals surface area (Å²) in [6, 6.07) is 8.36. The summed E-state index contributed by atoms with van der Waals surface area (Å²) in [7, 11) is 0. The van der Waals surface area contributed by atoms with Crippen LogP contribution in [0.15, 0.2) is 47.8 Å². The summed E-state index contributed by atoms with van der Waals surface area (Å²) in [5, 5.41) is 0. The molecule has 5 heteroatoms. The van der Waals surface area contributed by atoms with Crippen molar-refractivity contribution in [3.63, 3.8) is 0 Å². The van der Waals surface area contributed by atoms with Crippen molar-refractivity contribution in [2.75, 3.05) is 0 Å². The molecule has 3 aromatic rings. The molecule has 0 aliphatic heterocycles. The fourth-order valence-corrected chi connectivity index (χ4v) is 3.11. The van der Waals surface area contributed by atoms with Gasteiger partial charge in [-0.05, 0) is 30.4 Å². The van der Waals surface area contributed by atoms with Gasteiger partial charge in [-0.1, -0.05) is 24.3 Å². The Morgan fingerprint density at radius 1 is 1.10 bits per heavy atom. The van der Waals surface area contributed by atoms with E-state index < -0.39 is 0 Å². The highest BCUT2D eigenvalue weighted by Crippen LogP contribution is 2.31. The summed E-state index contributed by atoms with van der Waals surface area (Å²) < 4.78 is 1.70. The molecule has 4 rings (SSSR count). The summed E-state index contributed by atoms with van der Waals surface area (Å²) in [5.41, 5.74) is 3.16. The maximum Gasteiger partial charge on any atom is 0.282 e. The standard InChI is InChI=1S/C16H14N4O/c21-16-14-15(18-9-8-17-14)19-10-20(16)13-7-3-5-11-4-1-2-6-12(11)13/h1-2,4,6,8-10,13H,3,5,7H2/t13-/m0/s1. The van der Waals surface area contributed by atoms with Gasteiger partial charge in [-0.2, -0.15) is 0 Å². The molecule has 0 saturated carbocycles. The van der Waals surface area contributed by atoms with Crippen molar-refractivity contribution in [1.29, 1.82) is 0 Å². The van der Waals surface area contributed by atoms with E-state index in [4.69, 9.17) is 0 Å². The molecule has 0 fully saturated rings. The molecule has 5 nitrogen and oxygen atoms in total. The molecule has 2 aromatic heterocycles. The van der Waals surface area contributed by atoms with Crippen molar-refractivity contribution in [3.8, 4) is 0 Å². The summed E-state index contributed by atoms with van der Waals surface area (Å²) in [4.78, 5) is 25.2. The van der Waals surface area contributed by atoms with Crippen molar-refractivity contribution >= 4 is 11.2 Å². The number of hydrogen-bond acceptors (Lipinski definition) is 4. The summed E-state index contributed by atoms with van der Waals surface area (Å²) in [6.07, 6.45) is 7.78. The van der Waals surface area contributed by atoms with Crippen LogP contribution in [0.1, 0.15) is 30.0 Å². The second-order valence-corrected chi connectivity index (χ2v) is 5.29. The second-order valence-electron chi connectivity index (χ2n) is 5.29. The Kier molecular flexibility index (Phi) is 2.77. The minimum Gasteiger partial charge on any atom is -0.290 e. The number of fused-ring (bicyclic) bond motifs is 2. The lowest BCUT2D eigenvalue weighted by Gasteiger charge is -2.26. The first kappa shape index (κ1) is 12.2. The van der Waals surface area contributed by atoms with Crippen LogP contribution in [-0.2, 0) is 6.42 Å². The van der Waals surface area contributed by atoms with Gasteiger partial charge in [-0.3, -0.25) is 9.36 Å². The van der Waals surface area contributed by atoms with Crippen LogP contribution >= 0.6 is 0 Å². The zero-order valence-corrected chi connectivity index (χ0v) is 11.4. The van der Waals surface area contributed by atoms with Gasteiger partial charge in [0.25, 0.3) is 5.56 Å². The third-order valence-electron chi connectivity index (χ3n) is 4.09. The number of aryl methyl sites for hydroxylation is 1. The molecule has 0 spiro atoms. The Labute approximate surface area is 121 Å². The first-order valence-electron chi connectivity index (χ1n) is 7.10. The third kappa shape index (κ3) is 1.93. The van der Waals surface area contributed by atoms with Crippen LogP contribution in [0.25, 0.3) is 11.2 Å². The molecule has 0 N–H and O–H groups in total. The molecule has 21 heavy (non-hydrogen) atoms. The molecular weight excluding hydrogens is 264 g/mol. The molecule has 0 amide bonds. The van der Waals surface area contributed by atoms with Crippen LogP contribution in [0.3, 0.4) is 0 Å². The van der Waals surface area contributed by atoms with E-state index >= 15 is 0 Å². The fraction of sp³-hybridized carbons (Fsp3) is 0.250. The molecule has 1 aromatic carbocycles. The molecule has 2 heterocycles. The molecule has 1 atom stereocenters. The number of aromatic nitrogens is 4. The molecule has 0 radical (unpaired) electrons. The quantitative estimate of drug-likeness (QED) is 0.684. The van der Waals surface area contributed by atoms with Gasteiger partial charge >= 0.3 is 0 Å². The van der Waals surface area contributed by atoms with E-state index in [0.717, 1.165) is 19.3 Å². The minimum atomic E-state index is -0.116. The molecule has 1 aliphatic rings. The normalized spacial score (nSPS) is 17.6. The van der Waals surface area contributed by atoms with Gasteiger partial charge in [-0.15, -0.1) is 0 Å². The average Bonchev–Trinajstić information content (AvgIpc) is 2.55. The SMILES string of the molecule is O=c1c2nccnc2ncn1[C@H]1CCCc2ccccc21. The largest absolute Gasteiger partial charge is 0.290 e. The molecular formula is C16H14N4O. The lowest BCUT2D eigenvalue weighted by molar-refractivity contribution is 0.475. The van der Waals surface area contributed by atoms with Gasteiger partial charge in [0.15, 0.2) is 11.2 Å². The van der Waals surface area contributed by atoms with Gasteiger partial charge in [0, 0.05) is 12.4 Å². The van der Waals surface area contributed by atoms with E-state index in [0.29, 0.717) is 11.2 Å². The van der Waals surface area contributed by atoms with E-state index in [1.54, 1.807) is 17.1 Å². The molecule has 0 bridgehead atoms. The van der Waals surface area contributed by atoms with Crippen LogP contribution in [-0.4, -0.2) is 19.5 Å². The van der Waals surface area contributed by atoms with Crippen molar-refractivity contribution < 1.29 is 0 Å². The number of nitrogens with zero attached hydrogens (tertiary/aromatic N) is 4. The maximum absolute atomic E-state index is 12.7. The van der Waals surface area contributed by atoms with Crippen LogP contribution in [0.4, 0.5) is 0 Å². The van der Waals surface area contributed by atoms with Gasteiger partial charge in [0.1, 0.15) is 6.33 Å². The second kappa shape index (κ2) is 4.77. The Hall–Kier alpha value is -2.56. The van der Waals surface area contributed by atoms with Gasteiger partial charge in [-0.25, -0.2) is 15.0 Å². The summed E-state index contributed by atoms with van der Waals surface area (Å²) in [5.74, 6) is 0. The highest BCUT2D eigenvalue weighted by Gasteiger charge is 2.23. The predicted octanol–water partition coefficient (Wildman–Crippen LogP) is 2.11. The molecule has 0 unspecified atom stereocenters. The van der Waals surface area contributed by atoms with Crippen LogP contribution in [0.2, 0.25) is 0 Å². The van der Waals surface area contributed by atoms with Crippen LogP contribution in [0, 0.1) is 0 Å². The molecule has 1 aliphatic carbocycles.